The minimum atomic E-state index is -5.31. The lowest BCUT2D eigenvalue weighted by Gasteiger charge is -2.25. The maximum absolute atomic E-state index is 14.3. The molecule has 4 rings (SSSR count). The molecule has 228 valence electrons. The largest absolute Gasteiger partial charge is 0.464 e. The van der Waals surface area contributed by atoms with Gasteiger partial charge in [-0.2, -0.15) is 17.6 Å². The molecule has 43 heavy (non-hydrogen) atoms. The van der Waals surface area contributed by atoms with E-state index < -0.39 is 45.8 Å². The number of hydrogen-bond acceptors (Lipinski definition) is 4. The number of halogens is 9. The number of carbonyl (C=O) groups is 2. The van der Waals surface area contributed by atoms with E-state index >= 15 is 0 Å². The van der Waals surface area contributed by atoms with Gasteiger partial charge in [-0.25, -0.2) is 0 Å². The fourth-order valence-electron chi connectivity index (χ4n) is 4.19. The zero-order valence-electron chi connectivity index (χ0n) is 21.7. The lowest BCUT2D eigenvalue weighted by molar-refractivity contribution is -0.278. The molecule has 0 heterocycles. The minimum Gasteiger partial charge on any atom is -0.447 e. The number of hydrogen-bond donors (Lipinski definition) is 3. The summed E-state index contributed by atoms with van der Waals surface area (Å²) in [5.41, 5.74) is 5.95. The summed E-state index contributed by atoms with van der Waals surface area (Å²) in [7, 11) is 0. The number of carbonyl (C=O) groups excluding carboxylic acids is 2. The standard InChI is InChI=1S/C28H20Cl5F4N3O3/c1-2-9-26(34,28(35,36)37)43-19-6-3-17(4-7-19)39-40-24(41)20-13-18(5-8-21(20)31)38-25(42)23-22(27(23,32)33)14-10-15(29)12-16(30)11-14/h2-13,22-23,39H,1H3,(H,38,42)(H,40,41)/b9-2+. The van der Waals surface area contributed by atoms with E-state index in [9.17, 15) is 27.2 Å². The van der Waals surface area contributed by atoms with Crippen LogP contribution < -0.4 is 20.9 Å². The number of hydrazine groups is 1. The Morgan fingerprint density at radius 1 is 0.907 bits per heavy atom. The van der Waals surface area contributed by atoms with E-state index in [2.05, 4.69) is 20.9 Å². The second-order valence-electron chi connectivity index (χ2n) is 9.36. The van der Waals surface area contributed by atoms with E-state index in [1.807, 2.05) is 0 Å². The number of nitrogens with one attached hydrogen (secondary N) is 3. The molecule has 3 atom stereocenters. The summed E-state index contributed by atoms with van der Waals surface area (Å²) < 4.78 is 56.7. The third-order valence-electron chi connectivity index (χ3n) is 6.27. The minimum absolute atomic E-state index is 0.0253. The van der Waals surface area contributed by atoms with Gasteiger partial charge in [-0.15, -0.1) is 23.2 Å². The third kappa shape index (κ3) is 7.44. The molecule has 2 amide bonds. The van der Waals surface area contributed by atoms with E-state index in [-0.39, 0.29) is 28.0 Å². The Morgan fingerprint density at radius 2 is 1.51 bits per heavy atom. The molecule has 1 aliphatic rings. The Balaban J connectivity index is 1.39. The number of amides is 2. The molecule has 3 aromatic rings. The van der Waals surface area contributed by atoms with E-state index in [0.29, 0.717) is 15.6 Å². The number of rotatable bonds is 9. The van der Waals surface area contributed by atoms with Crippen molar-refractivity contribution in [2.24, 2.45) is 5.92 Å². The highest BCUT2D eigenvalue weighted by Crippen LogP contribution is 2.65. The van der Waals surface area contributed by atoms with Gasteiger partial charge in [0.25, 0.3) is 5.91 Å². The van der Waals surface area contributed by atoms with Gasteiger partial charge in [0.15, 0.2) is 0 Å². The summed E-state index contributed by atoms with van der Waals surface area (Å²) in [5.74, 6) is -7.07. The lowest BCUT2D eigenvalue weighted by atomic mass is 10.1. The van der Waals surface area contributed by atoms with Crippen LogP contribution in [0.2, 0.25) is 15.1 Å². The second kappa shape index (κ2) is 12.6. The monoisotopic (exact) mass is 697 g/mol. The van der Waals surface area contributed by atoms with Crippen molar-refractivity contribution in [3.05, 3.63) is 99.0 Å². The quantitative estimate of drug-likeness (QED) is 0.0902. The maximum Gasteiger partial charge on any atom is 0.464 e. The maximum atomic E-state index is 14.3. The van der Waals surface area contributed by atoms with Gasteiger partial charge in [0, 0.05) is 21.7 Å². The summed E-state index contributed by atoms with van der Waals surface area (Å²) >= 11 is 31.1. The molecule has 0 saturated heterocycles. The lowest BCUT2D eigenvalue weighted by Crippen LogP contribution is -2.44. The molecule has 3 aromatic carbocycles. The van der Waals surface area contributed by atoms with Crippen molar-refractivity contribution in [3.8, 4) is 5.75 Å². The molecule has 0 radical (unpaired) electrons. The van der Waals surface area contributed by atoms with Crippen LogP contribution in [0.5, 0.6) is 5.75 Å². The first-order chi connectivity index (χ1) is 20.1. The third-order valence-corrected chi connectivity index (χ3v) is 7.97. The van der Waals surface area contributed by atoms with Gasteiger partial charge in [0.05, 0.1) is 22.2 Å². The molecule has 0 aliphatic heterocycles. The molecule has 0 aromatic heterocycles. The van der Waals surface area contributed by atoms with Gasteiger partial charge in [-0.3, -0.25) is 20.4 Å². The highest BCUT2D eigenvalue weighted by atomic mass is 35.5. The van der Waals surface area contributed by atoms with Crippen molar-refractivity contribution in [2.75, 3.05) is 10.7 Å². The predicted octanol–water partition coefficient (Wildman–Crippen LogP) is 9.11. The molecule has 0 bridgehead atoms. The Hall–Kier alpha value is -2.89. The summed E-state index contributed by atoms with van der Waals surface area (Å²) in [6, 6.07) is 13.6. The summed E-state index contributed by atoms with van der Waals surface area (Å²) in [6.07, 6.45) is -4.17. The van der Waals surface area contributed by atoms with Crippen molar-refractivity contribution < 1.29 is 31.9 Å². The van der Waals surface area contributed by atoms with Crippen LogP contribution in [0.3, 0.4) is 0 Å². The van der Waals surface area contributed by atoms with E-state index in [4.69, 9.17) is 58.0 Å². The van der Waals surface area contributed by atoms with Gasteiger partial charge in [-0.05, 0) is 79.2 Å². The number of benzene rings is 3. The van der Waals surface area contributed by atoms with Crippen LogP contribution in [-0.4, -0.2) is 28.2 Å². The van der Waals surface area contributed by atoms with Crippen LogP contribution >= 0.6 is 58.0 Å². The summed E-state index contributed by atoms with van der Waals surface area (Å²) in [5, 5.41) is 3.44. The van der Waals surface area contributed by atoms with Crippen LogP contribution in [0, 0.1) is 5.92 Å². The number of ether oxygens (including phenoxy) is 1. The SMILES string of the molecule is C/C=C/C(F)(Oc1ccc(NNC(=O)c2cc(NC(=O)C3C(c4cc(Cl)cc(Cl)c4)C3(Cl)Cl)ccc2Cl)cc1)C(F)(F)F. The van der Waals surface area contributed by atoms with Gasteiger partial charge in [0.1, 0.15) is 10.1 Å². The van der Waals surface area contributed by atoms with E-state index in [1.165, 1.54) is 43.3 Å². The van der Waals surface area contributed by atoms with Gasteiger partial charge >= 0.3 is 12.0 Å². The molecule has 0 spiro atoms. The Bertz CT molecular complexity index is 1550. The zero-order chi connectivity index (χ0) is 31.7. The first-order valence-corrected chi connectivity index (χ1v) is 14.1. The zero-order valence-corrected chi connectivity index (χ0v) is 25.5. The number of allylic oxidation sites excluding steroid dienone is 1. The van der Waals surface area contributed by atoms with Crippen molar-refractivity contribution >= 4 is 81.2 Å². The molecular formula is C28H20Cl5F4N3O3. The van der Waals surface area contributed by atoms with Crippen LogP contribution in [-0.2, 0) is 4.79 Å². The topological polar surface area (TPSA) is 79.5 Å². The first-order valence-electron chi connectivity index (χ1n) is 12.2. The molecule has 3 unspecified atom stereocenters. The smallest absolute Gasteiger partial charge is 0.447 e. The Kier molecular flexibility index (Phi) is 9.68. The molecule has 1 saturated carbocycles. The summed E-state index contributed by atoms with van der Waals surface area (Å²) in [4.78, 5) is 25.9. The molecule has 6 nitrogen and oxygen atoms in total. The van der Waals surface area contributed by atoms with Gasteiger partial charge < -0.3 is 10.1 Å². The van der Waals surface area contributed by atoms with Crippen LogP contribution in [0.25, 0.3) is 0 Å². The van der Waals surface area contributed by atoms with Crippen molar-refractivity contribution in [3.63, 3.8) is 0 Å². The molecule has 1 fully saturated rings. The molecule has 1 aliphatic carbocycles. The molecule has 3 N–H and O–H groups in total. The average molecular weight is 700 g/mol. The van der Waals surface area contributed by atoms with E-state index in [0.717, 1.165) is 18.2 Å². The van der Waals surface area contributed by atoms with E-state index in [1.54, 1.807) is 12.1 Å². The predicted molar refractivity (Wildman–Crippen MR) is 160 cm³/mol. The van der Waals surface area contributed by atoms with Crippen LogP contribution in [0.4, 0.5) is 28.9 Å². The van der Waals surface area contributed by atoms with Crippen molar-refractivity contribution in [2.45, 2.75) is 29.2 Å². The second-order valence-corrected chi connectivity index (χ2v) is 12.1. The van der Waals surface area contributed by atoms with Crippen molar-refractivity contribution in [1.29, 1.82) is 0 Å². The first kappa shape index (κ1) is 33.0. The van der Waals surface area contributed by atoms with Gasteiger partial charge in [0.2, 0.25) is 5.91 Å². The highest BCUT2D eigenvalue weighted by molar-refractivity contribution is 6.53. The Morgan fingerprint density at radius 3 is 2.09 bits per heavy atom. The fourth-order valence-corrected chi connectivity index (χ4v) is 5.77. The number of anilines is 2. The van der Waals surface area contributed by atoms with Crippen molar-refractivity contribution in [1.82, 2.24) is 5.43 Å². The molecule has 15 heteroatoms. The summed E-state index contributed by atoms with van der Waals surface area (Å²) in [6.45, 7) is 1.22. The van der Waals surface area contributed by atoms with Crippen LogP contribution in [0.1, 0.15) is 28.8 Å². The normalized spacial score (nSPS) is 18.9. The fraction of sp³-hybridized carbons (Fsp3) is 0.214. The highest BCUT2D eigenvalue weighted by Gasteiger charge is 2.67. The molecular weight excluding hydrogens is 680 g/mol. The van der Waals surface area contributed by atoms with Gasteiger partial charge in [-0.1, -0.05) is 40.9 Å². The van der Waals surface area contributed by atoms with Crippen LogP contribution in [0.15, 0.2) is 72.8 Å². The average Bonchev–Trinajstić information content (AvgIpc) is 3.50. The Labute approximate surface area is 268 Å². The number of alkyl halides is 6.